The molecule has 1 heterocycles. The summed E-state index contributed by atoms with van der Waals surface area (Å²) in [5.74, 6) is -1.31. The van der Waals surface area contributed by atoms with Crippen LogP contribution in [0, 0.1) is 11.7 Å². The van der Waals surface area contributed by atoms with Crippen molar-refractivity contribution in [3.8, 4) is 0 Å². The van der Waals surface area contributed by atoms with E-state index in [1.54, 1.807) is 0 Å². The van der Waals surface area contributed by atoms with Crippen molar-refractivity contribution in [3.63, 3.8) is 0 Å². The molecule has 0 saturated carbocycles. The summed E-state index contributed by atoms with van der Waals surface area (Å²) in [6.45, 7) is 4.64. The number of carbonyl (C=O) groups excluding carboxylic acids is 2. The van der Waals surface area contributed by atoms with Crippen LogP contribution in [-0.4, -0.2) is 18.2 Å². The number of Topliss-reactive ketones (excluding diaryl/α,β-unsaturated/α-hetero) is 1. The van der Waals surface area contributed by atoms with Gasteiger partial charge >= 0.3 is 0 Å². The molecule has 1 atom stereocenters. The Balaban J connectivity index is 2.29. The Labute approximate surface area is 106 Å². The quantitative estimate of drug-likeness (QED) is 0.769. The molecule has 4 heteroatoms. The molecular weight excluding hydrogens is 233 g/mol. The van der Waals surface area contributed by atoms with Gasteiger partial charge in [0.15, 0.2) is 0 Å². The van der Waals surface area contributed by atoms with Crippen molar-refractivity contribution in [1.29, 1.82) is 0 Å². The molecule has 0 N–H and O–H groups in total. The third-order valence-corrected chi connectivity index (χ3v) is 3.21. The molecule has 0 spiro atoms. The van der Waals surface area contributed by atoms with E-state index in [2.05, 4.69) is 6.92 Å². The molecule has 0 aliphatic carbocycles. The molecule has 1 aliphatic rings. The first kappa shape index (κ1) is 12.7. The maximum atomic E-state index is 13.1. The lowest BCUT2D eigenvalue weighted by atomic mass is 10.1. The van der Waals surface area contributed by atoms with Gasteiger partial charge in [0.2, 0.25) is 0 Å². The van der Waals surface area contributed by atoms with Gasteiger partial charge < -0.3 is 4.90 Å². The summed E-state index contributed by atoms with van der Waals surface area (Å²) >= 11 is 0. The number of anilines is 1. The van der Waals surface area contributed by atoms with Crippen LogP contribution in [0.25, 0.3) is 0 Å². The van der Waals surface area contributed by atoms with Crippen LogP contribution in [0.15, 0.2) is 18.2 Å². The maximum absolute atomic E-state index is 13.1. The standard InChI is InChI=1S/C14H16FNO2/c1-3-4-9(2)8-16-12-6-5-10(15)7-11(12)13(17)14(16)18/h5-7,9H,3-4,8H2,1-2H3. The molecule has 0 bridgehead atoms. The number of rotatable bonds is 4. The Kier molecular flexibility index (Phi) is 3.45. The highest BCUT2D eigenvalue weighted by Gasteiger charge is 2.36. The highest BCUT2D eigenvalue weighted by molar-refractivity contribution is 6.52. The highest BCUT2D eigenvalue weighted by atomic mass is 19.1. The number of nitrogens with zero attached hydrogens (tertiary/aromatic N) is 1. The minimum Gasteiger partial charge on any atom is -0.304 e. The number of fused-ring (bicyclic) bond motifs is 1. The van der Waals surface area contributed by atoms with E-state index in [4.69, 9.17) is 0 Å². The fourth-order valence-corrected chi connectivity index (χ4v) is 2.35. The van der Waals surface area contributed by atoms with E-state index in [1.807, 2.05) is 6.92 Å². The fourth-order valence-electron chi connectivity index (χ4n) is 2.35. The molecule has 1 aromatic rings. The minimum atomic E-state index is -0.604. The fraction of sp³-hybridized carbons (Fsp3) is 0.429. The van der Waals surface area contributed by atoms with Gasteiger partial charge in [0, 0.05) is 6.54 Å². The second kappa shape index (κ2) is 4.88. The number of benzene rings is 1. The van der Waals surface area contributed by atoms with Crippen LogP contribution in [0.2, 0.25) is 0 Å². The summed E-state index contributed by atoms with van der Waals surface area (Å²) in [6, 6.07) is 3.92. The first-order valence-corrected chi connectivity index (χ1v) is 6.20. The Hall–Kier alpha value is -1.71. The normalized spacial score (nSPS) is 16.1. The van der Waals surface area contributed by atoms with Crippen molar-refractivity contribution in [2.24, 2.45) is 5.92 Å². The monoisotopic (exact) mass is 249 g/mol. The Morgan fingerprint density at radius 3 is 2.72 bits per heavy atom. The number of halogens is 1. The van der Waals surface area contributed by atoms with Gasteiger partial charge in [0.05, 0.1) is 11.3 Å². The van der Waals surface area contributed by atoms with Gasteiger partial charge in [0.25, 0.3) is 11.7 Å². The van der Waals surface area contributed by atoms with Crippen LogP contribution >= 0.6 is 0 Å². The van der Waals surface area contributed by atoms with Gasteiger partial charge in [-0.05, 0) is 30.5 Å². The number of ketones is 1. The Morgan fingerprint density at radius 1 is 1.33 bits per heavy atom. The van der Waals surface area contributed by atoms with E-state index < -0.39 is 17.5 Å². The first-order chi connectivity index (χ1) is 8.54. The highest BCUT2D eigenvalue weighted by Crippen LogP contribution is 2.30. The van der Waals surface area contributed by atoms with Crippen molar-refractivity contribution >= 4 is 17.4 Å². The lowest BCUT2D eigenvalue weighted by Gasteiger charge is -2.20. The number of hydrogen-bond acceptors (Lipinski definition) is 2. The summed E-state index contributed by atoms with van der Waals surface area (Å²) in [5, 5.41) is 0. The molecule has 18 heavy (non-hydrogen) atoms. The van der Waals surface area contributed by atoms with E-state index in [9.17, 15) is 14.0 Å². The van der Waals surface area contributed by atoms with Crippen molar-refractivity contribution in [3.05, 3.63) is 29.6 Å². The summed E-state index contributed by atoms with van der Waals surface area (Å²) in [5.41, 5.74) is 0.720. The van der Waals surface area contributed by atoms with Gasteiger partial charge in [-0.25, -0.2) is 4.39 Å². The van der Waals surface area contributed by atoms with Crippen LogP contribution in [0.3, 0.4) is 0 Å². The van der Waals surface area contributed by atoms with Crippen LogP contribution in [0.1, 0.15) is 37.0 Å². The van der Waals surface area contributed by atoms with Gasteiger partial charge in [0.1, 0.15) is 5.82 Å². The zero-order chi connectivity index (χ0) is 13.3. The predicted molar refractivity (Wildman–Crippen MR) is 67.2 cm³/mol. The minimum absolute atomic E-state index is 0.184. The first-order valence-electron chi connectivity index (χ1n) is 6.20. The molecule has 2 rings (SSSR count). The van der Waals surface area contributed by atoms with Crippen LogP contribution < -0.4 is 4.90 Å². The third kappa shape index (κ3) is 2.15. The topological polar surface area (TPSA) is 37.4 Å². The molecule has 1 amide bonds. The molecule has 1 aromatic carbocycles. The lowest BCUT2D eigenvalue weighted by Crippen LogP contribution is -2.33. The van der Waals surface area contributed by atoms with Crippen molar-refractivity contribution in [2.45, 2.75) is 26.7 Å². The van der Waals surface area contributed by atoms with Crippen molar-refractivity contribution in [1.82, 2.24) is 0 Å². The van der Waals surface area contributed by atoms with Crippen LogP contribution in [-0.2, 0) is 4.79 Å². The molecule has 96 valence electrons. The molecule has 1 aliphatic heterocycles. The van der Waals surface area contributed by atoms with Gasteiger partial charge in [-0.2, -0.15) is 0 Å². The van der Waals surface area contributed by atoms with Gasteiger partial charge in [-0.1, -0.05) is 20.3 Å². The summed E-state index contributed by atoms with van der Waals surface area (Å²) in [6.07, 6.45) is 2.03. The average molecular weight is 249 g/mol. The summed E-state index contributed by atoms with van der Waals surface area (Å²) in [7, 11) is 0. The van der Waals surface area contributed by atoms with Gasteiger partial charge in [-0.15, -0.1) is 0 Å². The molecule has 0 saturated heterocycles. The Bertz CT molecular complexity index is 499. The largest absolute Gasteiger partial charge is 0.304 e. The molecule has 0 radical (unpaired) electrons. The maximum Gasteiger partial charge on any atom is 0.299 e. The molecular formula is C14H16FNO2. The van der Waals surface area contributed by atoms with Gasteiger partial charge in [-0.3, -0.25) is 9.59 Å². The molecule has 3 nitrogen and oxygen atoms in total. The zero-order valence-corrected chi connectivity index (χ0v) is 10.6. The van der Waals surface area contributed by atoms with E-state index >= 15 is 0 Å². The molecule has 0 fully saturated rings. The second-order valence-corrected chi connectivity index (χ2v) is 4.80. The lowest BCUT2D eigenvalue weighted by molar-refractivity contribution is -0.114. The smallest absolute Gasteiger partial charge is 0.299 e. The molecule has 0 aromatic heterocycles. The van der Waals surface area contributed by atoms with E-state index in [0.29, 0.717) is 18.2 Å². The number of hydrogen-bond donors (Lipinski definition) is 0. The second-order valence-electron chi connectivity index (χ2n) is 4.80. The van der Waals surface area contributed by atoms with Crippen molar-refractivity contribution in [2.75, 3.05) is 11.4 Å². The van der Waals surface area contributed by atoms with E-state index in [1.165, 1.54) is 17.0 Å². The van der Waals surface area contributed by atoms with Crippen molar-refractivity contribution < 1.29 is 14.0 Å². The van der Waals surface area contributed by atoms with E-state index in [0.717, 1.165) is 18.9 Å². The Morgan fingerprint density at radius 2 is 2.06 bits per heavy atom. The SMILES string of the molecule is CCCC(C)CN1C(=O)C(=O)c2cc(F)ccc21. The van der Waals surface area contributed by atoms with E-state index in [-0.39, 0.29) is 5.56 Å². The third-order valence-electron chi connectivity index (χ3n) is 3.21. The summed E-state index contributed by atoms with van der Waals surface area (Å²) in [4.78, 5) is 25.1. The summed E-state index contributed by atoms with van der Waals surface area (Å²) < 4.78 is 13.1. The van der Waals surface area contributed by atoms with Crippen LogP contribution in [0.5, 0.6) is 0 Å². The average Bonchev–Trinajstić information content (AvgIpc) is 2.55. The predicted octanol–water partition coefficient (Wildman–Crippen LogP) is 2.79. The molecule has 1 unspecified atom stereocenters. The number of carbonyl (C=O) groups is 2. The number of amides is 1. The zero-order valence-electron chi connectivity index (χ0n) is 10.6. The van der Waals surface area contributed by atoms with Crippen LogP contribution in [0.4, 0.5) is 10.1 Å².